The summed E-state index contributed by atoms with van der Waals surface area (Å²) >= 11 is 1.20. The molecule has 17 heavy (non-hydrogen) atoms. The Morgan fingerprint density at radius 1 is 1.41 bits per heavy atom. The lowest BCUT2D eigenvalue weighted by Gasteiger charge is -2.09. The number of ether oxygens (including phenoxy) is 1. The molecule has 0 aromatic carbocycles. The van der Waals surface area contributed by atoms with E-state index in [4.69, 9.17) is 4.74 Å². The van der Waals surface area contributed by atoms with E-state index >= 15 is 0 Å². The second kappa shape index (κ2) is 5.36. The molecule has 0 radical (unpaired) electrons. The van der Waals surface area contributed by atoms with Crippen molar-refractivity contribution in [2.45, 2.75) is 25.9 Å². The molecule has 0 amide bonds. The molecule has 0 aromatic heterocycles. The van der Waals surface area contributed by atoms with Crippen molar-refractivity contribution < 1.29 is 14.3 Å². The van der Waals surface area contributed by atoms with Gasteiger partial charge in [-0.2, -0.15) is 0 Å². The minimum absolute atomic E-state index is 0.142. The lowest BCUT2D eigenvalue weighted by Crippen LogP contribution is -2.18. The third kappa shape index (κ3) is 2.52. The van der Waals surface area contributed by atoms with Crippen LogP contribution in [0.4, 0.5) is 0 Å². The Morgan fingerprint density at radius 2 is 2.24 bits per heavy atom. The molecular weight excluding hydrogens is 236 g/mol. The molecule has 0 saturated heterocycles. The Kier molecular flexibility index (Phi) is 3.84. The van der Waals surface area contributed by atoms with Crippen molar-refractivity contribution in [1.29, 1.82) is 0 Å². The van der Waals surface area contributed by atoms with Crippen molar-refractivity contribution >= 4 is 22.7 Å². The minimum Gasteiger partial charge on any atom is -0.482 e. The van der Waals surface area contributed by atoms with E-state index in [2.05, 4.69) is 0 Å². The zero-order chi connectivity index (χ0) is 12.3. The average Bonchev–Trinajstić information content (AvgIpc) is 2.63. The summed E-state index contributed by atoms with van der Waals surface area (Å²) in [5.74, 6) is 1.09. The number of Topliss-reactive ketones (excluding diaryl/α,β-unsaturated/α-hetero) is 1. The molecule has 1 atom stereocenters. The molecule has 0 saturated carbocycles. The van der Waals surface area contributed by atoms with Gasteiger partial charge >= 0.3 is 0 Å². The van der Waals surface area contributed by atoms with Gasteiger partial charge in [0.25, 0.3) is 0 Å². The van der Waals surface area contributed by atoms with E-state index in [9.17, 15) is 9.59 Å². The summed E-state index contributed by atoms with van der Waals surface area (Å²) in [6.45, 7) is 2.04. The van der Waals surface area contributed by atoms with Crippen LogP contribution >= 0.6 is 11.8 Å². The van der Waals surface area contributed by atoms with Gasteiger partial charge in [-0.3, -0.25) is 9.59 Å². The van der Waals surface area contributed by atoms with Crippen molar-refractivity contribution in [3.8, 4) is 0 Å². The van der Waals surface area contributed by atoms with Crippen LogP contribution in [0.2, 0.25) is 0 Å². The van der Waals surface area contributed by atoms with Gasteiger partial charge in [0.2, 0.25) is 10.9 Å². The molecule has 0 aromatic rings. The first kappa shape index (κ1) is 12.2. The van der Waals surface area contributed by atoms with E-state index in [0.717, 1.165) is 6.42 Å². The van der Waals surface area contributed by atoms with E-state index in [-0.39, 0.29) is 16.5 Å². The predicted molar refractivity (Wildman–Crippen MR) is 67.6 cm³/mol. The number of carbonyl (C=O) groups excluding carboxylic acids is 2. The molecule has 0 fully saturated rings. The van der Waals surface area contributed by atoms with Crippen molar-refractivity contribution in [2.75, 3.05) is 5.75 Å². The number of ketones is 1. The Balaban J connectivity index is 2.07. The molecule has 0 N–H and O–H groups in total. The maximum absolute atomic E-state index is 11.9. The summed E-state index contributed by atoms with van der Waals surface area (Å²) in [6, 6.07) is 0. The van der Waals surface area contributed by atoms with Crippen molar-refractivity contribution in [2.24, 2.45) is 0 Å². The summed E-state index contributed by atoms with van der Waals surface area (Å²) in [5, 5.41) is -0.142. The standard InChI is InChI=1S/C13H14O3S/c1-2-3-4-5-6-10-12(14)11-9(16-10)7-8-17-13(11)15/h3-6,10H,2,7-8H2,1H3/b4-3+,6-5+. The Hall–Kier alpha value is -1.29. The molecule has 90 valence electrons. The normalized spacial score (nSPS) is 24.9. The van der Waals surface area contributed by atoms with Crippen LogP contribution in [0, 0.1) is 0 Å². The summed E-state index contributed by atoms with van der Waals surface area (Å²) < 4.78 is 5.50. The monoisotopic (exact) mass is 250 g/mol. The van der Waals surface area contributed by atoms with Crippen molar-refractivity contribution in [3.05, 3.63) is 35.6 Å². The van der Waals surface area contributed by atoms with E-state index < -0.39 is 6.10 Å². The number of thioether (sulfide) groups is 1. The second-order valence-electron chi connectivity index (χ2n) is 3.81. The van der Waals surface area contributed by atoms with E-state index in [1.807, 2.05) is 19.1 Å². The molecule has 0 spiro atoms. The molecule has 1 unspecified atom stereocenters. The van der Waals surface area contributed by atoms with E-state index in [0.29, 0.717) is 17.9 Å². The molecule has 0 bridgehead atoms. The van der Waals surface area contributed by atoms with Crippen LogP contribution in [-0.2, 0) is 14.3 Å². The van der Waals surface area contributed by atoms with Gasteiger partial charge in [0.1, 0.15) is 11.3 Å². The lowest BCUT2D eigenvalue weighted by molar-refractivity contribution is -0.120. The Labute approximate surface area is 105 Å². The number of allylic oxidation sites excluding steroid dienone is 4. The molecule has 2 rings (SSSR count). The fourth-order valence-electron chi connectivity index (χ4n) is 1.76. The van der Waals surface area contributed by atoms with Gasteiger partial charge < -0.3 is 4.74 Å². The predicted octanol–water partition coefficient (Wildman–Crippen LogP) is 2.39. The van der Waals surface area contributed by atoms with Crippen LogP contribution in [0.1, 0.15) is 19.8 Å². The van der Waals surface area contributed by atoms with Crippen LogP contribution in [0.15, 0.2) is 35.6 Å². The van der Waals surface area contributed by atoms with Gasteiger partial charge in [-0.05, 0) is 12.5 Å². The summed E-state index contributed by atoms with van der Waals surface area (Å²) in [7, 11) is 0. The van der Waals surface area contributed by atoms with E-state index in [1.165, 1.54) is 11.8 Å². The summed E-state index contributed by atoms with van der Waals surface area (Å²) in [4.78, 5) is 23.5. The fourth-order valence-corrected chi connectivity index (χ4v) is 2.59. The SMILES string of the molecule is CC/C=C/C=C/C1OC2=C(C(=O)SCC2)C1=O. The summed E-state index contributed by atoms with van der Waals surface area (Å²) in [6.07, 6.45) is 8.38. The average molecular weight is 250 g/mol. The third-order valence-electron chi connectivity index (χ3n) is 2.59. The molecule has 3 nitrogen and oxygen atoms in total. The highest BCUT2D eigenvalue weighted by Gasteiger charge is 2.39. The first-order valence-corrected chi connectivity index (χ1v) is 6.67. The van der Waals surface area contributed by atoms with Crippen molar-refractivity contribution in [1.82, 2.24) is 0 Å². The van der Waals surface area contributed by atoms with Gasteiger partial charge in [-0.25, -0.2) is 0 Å². The van der Waals surface area contributed by atoms with Crippen LogP contribution in [-0.4, -0.2) is 22.8 Å². The van der Waals surface area contributed by atoms with Gasteiger partial charge in [0.05, 0.1) is 0 Å². The minimum atomic E-state index is -0.607. The van der Waals surface area contributed by atoms with E-state index in [1.54, 1.807) is 12.2 Å². The Bertz CT molecular complexity index is 432. The number of hydrogen-bond acceptors (Lipinski definition) is 4. The maximum Gasteiger partial charge on any atom is 0.226 e. The molecule has 2 aliphatic heterocycles. The second-order valence-corrected chi connectivity index (χ2v) is 4.88. The zero-order valence-corrected chi connectivity index (χ0v) is 10.5. The molecule has 4 heteroatoms. The highest BCUT2D eigenvalue weighted by Crippen LogP contribution is 2.33. The fraction of sp³-hybridized carbons (Fsp3) is 0.385. The zero-order valence-electron chi connectivity index (χ0n) is 9.64. The largest absolute Gasteiger partial charge is 0.482 e. The quantitative estimate of drug-likeness (QED) is 0.570. The molecular formula is C13H14O3S. The van der Waals surface area contributed by atoms with Gasteiger partial charge in [-0.1, -0.05) is 36.9 Å². The Morgan fingerprint density at radius 3 is 2.94 bits per heavy atom. The number of rotatable bonds is 3. The summed E-state index contributed by atoms with van der Waals surface area (Å²) in [5.41, 5.74) is 0.273. The third-order valence-corrected chi connectivity index (χ3v) is 3.46. The van der Waals surface area contributed by atoms with Gasteiger partial charge in [0, 0.05) is 12.2 Å². The molecule has 2 aliphatic rings. The number of carbonyl (C=O) groups is 2. The highest BCUT2D eigenvalue weighted by atomic mass is 32.2. The van der Waals surface area contributed by atoms with Gasteiger partial charge in [-0.15, -0.1) is 0 Å². The van der Waals surface area contributed by atoms with Gasteiger partial charge in [0.15, 0.2) is 6.10 Å². The topological polar surface area (TPSA) is 43.4 Å². The molecule has 2 heterocycles. The highest BCUT2D eigenvalue weighted by molar-refractivity contribution is 8.14. The first-order valence-electron chi connectivity index (χ1n) is 5.68. The maximum atomic E-state index is 11.9. The van der Waals surface area contributed by atoms with Crippen LogP contribution in [0.5, 0.6) is 0 Å². The smallest absolute Gasteiger partial charge is 0.226 e. The number of hydrogen-bond donors (Lipinski definition) is 0. The lowest BCUT2D eigenvalue weighted by atomic mass is 10.1. The van der Waals surface area contributed by atoms with Crippen LogP contribution in [0.25, 0.3) is 0 Å². The molecule has 0 aliphatic carbocycles. The van der Waals surface area contributed by atoms with Crippen LogP contribution < -0.4 is 0 Å². The van der Waals surface area contributed by atoms with Crippen molar-refractivity contribution in [3.63, 3.8) is 0 Å². The van der Waals surface area contributed by atoms with Crippen LogP contribution in [0.3, 0.4) is 0 Å². The first-order chi connectivity index (χ1) is 8.24.